The van der Waals surface area contributed by atoms with Crippen LogP contribution < -0.4 is 4.74 Å². The number of halogens is 2. The van der Waals surface area contributed by atoms with Gasteiger partial charge in [-0.1, -0.05) is 25.4 Å². The van der Waals surface area contributed by atoms with Crippen molar-refractivity contribution >= 4 is 27.5 Å². The van der Waals surface area contributed by atoms with Crippen LogP contribution in [0, 0.1) is 5.92 Å². The van der Waals surface area contributed by atoms with Crippen molar-refractivity contribution in [3.05, 3.63) is 21.8 Å². The van der Waals surface area contributed by atoms with Gasteiger partial charge in [0.05, 0.1) is 11.1 Å². The second-order valence-corrected chi connectivity index (χ2v) is 4.34. The van der Waals surface area contributed by atoms with Crippen molar-refractivity contribution in [1.29, 1.82) is 0 Å². The van der Waals surface area contributed by atoms with Crippen LogP contribution in [0.15, 0.2) is 16.6 Å². The predicted octanol–water partition coefficient (Wildman–Crippen LogP) is 3.53. The zero-order valence-electron chi connectivity index (χ0n) is 7.55. The minimum Gasteiger partial charge on any atom is -0.477 e. The highest BCUT2D eigenvalue weighted by Gasteiger charge is 2.02. The molecule has 0 amide bonds. The molecule has 4 heteroatoms. The van der Waals surface area contributed by atoms with Gasteiger partial charge in [-0.3, -0.25) is 0 Å². The molecule has 1 aromatic heterocycles. The van der Waals surface area contributed by atoms with Gasteiger partial charge in [0.15, 0.2) is 0 Å². The van der Waals surface area contributed by atoms with Crippen LogP contribution in [0.3, 0.4) is 0 Å². The van der Waals surface area contributed by atoms with Crippen LogP contribution >= 0.6 is 27.5 Å². The summed E-state index contributed by atoms with van der Waals surface area (Å²) in [5.41, 5.74) is 0. The van der Waals surface area contributed by atoms with Gasteiger partial charge in [-0.15, -0.1) is 0 Å². The Morgan fingerprint density at radius 1 is 1.54 bits per heavy atom. The third-order valence-corrected chi connectivity index (χ3v) is 2.50. The standard InChI is InChI=1S/C9H11BrClNO/c1-6(2)5-13-8-4-3-7(10)9(11)12-8/h3-4,6H,5H2,1-2H3. The highest BCUT2D eigenvalue weighted by atomic mass is 79.9. The van der Waals surface area contributed by atoms with Crippen LogP contribution in [-0.2, 0) is 0 Å². The van der Waals surface area contributed by atoms with Crippen LogP contribution in [0.25, 0.3) is 0 Å². The zero-order chi connectivity index (χ0) is 9.84. The molecule has 0 radical (unpaired) electrons. The first kappa shape index (κ1) is 10.8. The number of nitrogens with zero attached hydrogens (tertiary/aromatic N) is 1. The number of hydrogen-bond acceptors (Lipinski definition) is 2. The molecule has 1 heterocycles. The summed E-state index contributed by atoms with van der Waals surface area (Å²) in [5.74, 6) is 1.06. The maximum Gasteiger partial charge on any atom is 0.214 e. The van der Waals surface area contributed by atoms with Crippen LogP contribution in [0.4, 0.5) is 0 Å². The van der Waals surface area contributed by atoms with Crippen LogP contribution in [0.5, 0.6) is 5.88 Å². The molecule has 2 nitrogen and oxygen atoms in total. The zero-order valence-corrected chi connectivity index (χ0v) is 9.89. The molecule has 0 N–H and O–H groups in total. The van der Waals surface area contributed by atoms with Crippen molar-refractivity contribution in [2.24, 2.45) is 5.92 Å². The lowest BCUT2D eigenvalue weighted by atomic mass is 10.2. The van der Waals surface area contributed by atoms with Crippen molar-refractivity contribution in [2.75, 3.05) is 6.61 Å². The van der Waals surface area contributed by atoms with Gasteiger partial charge < -0.3 is 4.74 Å². The quantitative estimate of drug-likeness (QED) is 0.779. The lowest BCUT2D eigenvalue weighted by Crippen LogP contribution is -2.05. The average molecular weight is 265 g/mol. The van der Waals surface area contributed by atoms with E-state index in [1.54, 1.807) is 6.07 Å². The Morgan fingerprint density at radius 2 is 2.23 bits per heavy atom. The number of rotatable bonds is 3. The third kappa shape index (κ3) is 3.53. The van der Waals surface area contributed by atoms with Gasteiger partial charge in [-0.2, -0.15) is 0 Å². The monoisotopic (exact) mass is 263 g/mol. The van der Waals surface area contributed by atoms with E-state index in [0.29, 0.717) is 23.6 Å². The Labute approximate surface area is 91.4 Å². The molecule has 1 aromatic rings. The Kier molecular flexibility index (Phi) is 4.00. The van der Waals surface area contributed by atoms with Gasteiger partial charge in [0.2, 0.25) is 5.88 Å². The minimum absolute atomic E-state index is 0.432. The van der Waals surface area contributed by atoms with Gasteiger partial charge in [0.25, 0.3) is 0 Å². The molecule has 0 aliphatic rings. The Bertz CT molecular complexity index is 291. The summed E-state index contributed by atoms with van der Waals surface area (Å²) in [7, 11) is 0. The topological polar surface area (TPSA) is 22.1 Å². The van der Waals surface area contributed by atoms with Crippen LogP contribution in [0.2, 0.25) is 5.15 Å². The number of aromatic nitrogens is 1. The van der Waals surface area contributed by atoms with Crippen molar-refractivity contribution < 1.29 is 4.74 Å². The van der Waals surface area contributed by atoms with Crippen LogP contribution in [0.1, 0.15) is 13.8 Å². The van der Waals surface area contributed by atoms with Gasteiger partial charge in [0, 0.05) is 6.07 Å². The Balaban J connectivity index is 2.63. The largest absolute Gasteiger partial charge is 0.477 e. The summed E-state index contributed by atoms with van der Waals surface area (Å²) in [6, 6.07) is 3.61. The molecular weight excluding hydrogens is 253 g/mol. The summed E-state index contributed by atoms with van der Waals surface area (Å²) in [6.07, 6.45) is 0. The van der Waals surface area contributed by atoms with Crippen molar-refractivity contribution in [2.45, 2.75) is 13.8 Å². The first-order valence-corrected chi connectivity index (χ1v) is 5.21. The summed E-state index contributed by atoms with van der Waals surface area (Å²) in [6.45, 7) is 4.83. The SMILES string of the molecule is CC(C)COc1ccc(Br)c(Cl)n1. The fraction of sp³-hybridized carbons (Fsp3) is 0.444. The molecule has 1 rings (SSSR count). The molecule has 0 bridgehead atoms. The maximum absolute atomic E-state index is 5.79. The second-order valence-electron chi connectivity index (χ2n) is 3.13. The fourth-order valence-corrected chi connectivity index (χ4v) is 1.10. The van der Waals surface area contributed by atoms with E-state index in [1.807, 2.05) is 6.07 Å². The lowest BCUT2D eigenvalue weighted by Gasteiger charge is -2.07. The Hall–Kier alpha value is -0.280. The van der Waals surface area contributed by atoms with E-state index in [-0.39, 0.29) is 0 Å². The lowest BCUT2D eigenvalue weighted by molar-refractivity contribution is 0.261. The fourth-order valence-electron chi connectivity index (χ4n) is 0.733. The number of ether oxygens (including phenoxy) is 1. The molecule has 0 aromatic carbocycles. The molecule has 0 fully saturated rings. The van der Waals surface area contributed by atoms with Crippen molar-refractivity contribution in [3.63, 3.8) is 0 Å². The van der Waals surface area contributed by atoms with E-state index in [4.69, 9.17) is 16.3 Å². The third-order valence-electron chi connectivity index (χ3n) is 1.34. The van der Waals surface area contributed by atoms with Gasteiger partial charge in [-0.25, -0.2) is 4.98 Å². The highest BCUT2D eigenvalue weighted by molar-refractivity contribution is 9.10. The summed E-state index contributed by atoms with van der Waals surface area (Å²) < 4.78 is 6.17. The molecule has 13 heavy (non-hydrogen) atoms. The molecule has 0 spiro atoms. The summed E-state index contributed by atoms with van der Waals surface area (Å²) in [4.78, 5) is 4.04. The van der Waals surface area contributed by atoms with E-state index < -0.39 is 0 Å². The molecule has 0 unspecified atom stereocenters. The van der Waals surface area contributed by atoms with Gasteiger partial charge in [0.1, 0.15) is 5.15 Å². The van der Waals surface area contributed by atoms with Gasteiger partial charge >= 0.3 is 0 Å². The van der Waals surface area contributed by atoms with Crippen LogP contribution in [-0.4, -0.2) is 11.6 Å². The molecule has 0 saturated heterocycles. The molecule has 0 atom stereocenters. The molecule has 0 aliphatic heterocycles. The summed E-state index contributed by atoms with van der Waals surface area (Å²) in [5, 5.41) is 0.432. The molecule has 72 valence electrons. The molecule has 0 saturated carbocycles. The van der Waals surface area contributed by atoms with E-state index in [9.17, 15) is 0 Å². The number of hydrogen-bond donors (Lipinski definition) is 0. The highest BCUT2D eigenvalue weighted by Crippen LogP contribution is 2.22. The maximum atomic E-state index is 5.79. The molecule has 0 aliphatic carbocycles. The molecular formula is C9H11BrClNO. The van der Waals surface area contributed by atoms with E-state index in [1.165, 1.54) is 0 Å². The minimum atomic E-state index is 0.432. The van der Waals surface area contributed by atoms with E-state index in [2.05, 4.69) is 34.8 Å². The first-order chi connectivity index (χ1) is 6.09. The predicted molar refractivity (Wildman–Crippen MR) is 57.3 cm³/mol. The second kappa shape index (κ2) is 4.82. The normalized spacial score (nSPS) is 10.5. The smallest absolute Gasteiger partial charge is 0.214 e. The number of pyridine rings is 1. The first-order valence-electron chi connectivity index (χ1n) is 4.04. The van der Waals surface area contributed by atoms with E-state index in [0.717, 1.165) is 4.47 Å². The van der Waals surface area contributed by atoms with E-state index >= 15 is 0 Å². The van der Waals surface area contributed by atoms with Crippen molar-refractivity contribution in [3.8, 4) is 5.88 Å². The summed E-state index contributed by atoms with van der Waals surface area (Å²) >= 11 is 9.05. The average Bonchev–Trinajstić information content (AvgIpc) is 2.07. The van der Waals surface area contributed by atoms with Crippen molar-refractivity contribution in [1.82, 2.24) is 4.98 Å². The van der Waals surface area contributed by atoms with Gasteiger partial charge in [-0.05, 0) is 27.9 Å². The Morgan fingerprint density at radius 3 is 2.77 bits per heavy atom.